The van der Waals surface area contributed by atoms with E-state index in [0.29, 0.717) is 0 Å². The summed E-state index contributed by atoms with van der Waals surface area (Å²) < 4.78 is 0. The molecular formula is C10H22N4. The zero-order valence-corrected chi connectivity index (χ0v) is 9.62. The lowest BCUT2D eigenvalue weighted by atomic mass is 9.85. The molecule has 0 aromatic carbocycles. The highest BCUT2D eigenvalue weighted by molar-refractivity contribution is 5.12. The van der Waals surface area contributed by atoms with Crippen LogP contribution in [-0.2, 0) is 0 Å². The predicted octanol–water partition coefficient (Wildman–Crippen LogP) is -0.417. The zero-order valence-electron chi connectivity index (χ0n) is 9.62. The average molecular weight is 198 g/mol. The van der Waals surface area contributed by atoms with Crippen molar-refractivity contribution in [1.29, 1.82) is 0 Å². The summed E-state index contributed by atoms with van der Waals surface area (Å²) in [6.07, 6.45) is 0. The van der Waals surface area contributed by atoms with E-state index in [4.69, 9.17) is 0 Å². The van der Waals surface area contributed by atoms with Gasteiger partial charge >= 0.3 is 0 Å². The van der Waals surface area contributed by atoms with Crippen molar-refractivity contribution in [1.82, 2.24) is 21.3 Å². The zero-order chi connectivity index (χ0) is 10.4. The molecule has 4 heteroatoms. The second kappa shape index (κ2) is 2.92. The third kappa shape index (κ3) is 1.46. The number of nitrogens with one attached hydrogen (secondary N) is 4. The van der Waals surface area contributed by atoms with Crippen LogP contribution in [-0.4, -0.2) is 36.5 Å². The highest BCUT2D eigenvalue weighted by Crippen LogP contribution is 2.26. The van der Waals surface area contributed by atoms with Gasteiger partial charge in [-0.2, -0.15) is 0 Å². The minimum absolute atomic E-state index is 0.0548. The summed E-state index contributed by atoms with van der Waals surface area (Å²) in [7, 11) is 0. The van der Waals surface area contributed by atoms with E-state index >= 15 is 0 Å². The Hall–Kier alpha value is -0.160. The van der Waals surface area contributed by atoms with Gasteiger partial charge in [-0.3, -0.25) is 21.3 Å². The summed E-state index contributed by atoms with van der Waals surface area (Å²) >= 11 is 0. The van der Waals surface area contributed by atoms with Gasteiger partial charge in [0.2, 0.25) is 0 Å². The van der Waals surface area contributed by atoms with E-state index in [2.05, 4.69) is 49.0 Å². The van der Waals surface area contributed by atoms with Crippen molar-refractivity contribution in [2.45, 2.75) is 44.6 Å². The first-order chi connectivity index (χ1) is 6.37. The first kappa shape index (κ1) is 10.4. The van der Waals surface area contributed by atoms with Crippen LogP contribution >= 0.6 is 0 Å². The molecule has 0 aromatic heterocycles. The second-order valence-electron chi connectivity index (χ2n) is 5.47. The lowest BCUT2D eigenvalue weighted by Gasteiger charge is -2.59. The third-order valence-electron chi connectivity index (χ3n) is 3.55. The van der Waals surface area contributed by atoms with Crippen molar-refractivity contribution in [2.75, 3.05) is 19.6 Å². The molecule has 0 amide bonds. The summed E-state index contributed by atoms with van der Waals surface area (Å²) in [6, 6.07) is 0. The molecule has 0 spiro atoms. The minimum atomic E-state index is -0.0764. The summed E-state index contributed by atoms with van der Waals surface area (Å²) in [5, 5.41) is 14.4. The number of piperazine rings is 2. The van der Waals surface area contributed by atoms with E-state index < -0.39 is 0 Å². The Labute approximate surface area is 86.2 Å². The van der Waals surface area contributed by atoms with E-state index in [1.54, 1.807) is 0 Å². The van der Waals surface area contributed by atoms with E-state index in [1.807, 2.05) is 0 Å². The molecule has 0 aromatic rings. The quantitative estimate of drug-likeness (QED) is 0.427. The fourth-order valence-electron chi connectivity index (χ4n) is 2.51. The molecule has 4 nitrogen and oxygen atoms in total. The first-order valence-electron chi connectivity index (χ1n) is 5.41. The van der Waals surface area contributed by atoms with Crippen LogP contribution in [0.5, 0.6) is 0 Å². The molecule has 2 heterocycles. The predicted molar refractivity (Wildman–Crippen MR) is 58.0 cm³/mol. The smallest absolute Gasteiger partial charge is 0.0983 e. The van der Waals surface area contributed by atoms with Crippen molar-refractivity contribution in [3.63, 3.8) is 0 Å². The molecule has 2 fully saturated rings. The van der Waals surface area contributed by atoms with Crippen LogP contribution in [0.2, 0.25) is 0 Å². The lowest BCUT2D eigenvalue weighted by molar-refractivity contribution is -0.00248. The maximum Gasteiger partial charge on any atom is 0.0983 e. The average Bonchev–Trinajstić information content (AvgIpc) is 2.06. The van der Waals surface area contributed by atoms with Gasteiger partial charge in [0.15, 0.2) is 0 Å². The van der Waals surface area contributed by atoms with Crippen LogP contribution in [0.1, 0.15) is 27.7 Å². The molecule has 0 unspecified atom stereocenters. The topological polar surface area (TPSA) is 48.1 Å². The molecule has 0 radical (unpaired) electrons. The summed E-state index contributed by atoms with van der Waals surface area (Å²) in [4.78, 5) is 0. The van der Waals surface area contributed by atoms with Gasteiger partial charge in [0.1, 0.15) is 0 Å². The molecule has 2 rings (SSSR count). The molecule has 2 saturated heterocycles. The van der Waals surface area contributed by atoms with Gasteiger partial charge in [-0.05, 0) is 27.7 Å². The number of fused-ring (bicyclic) bond motifs is 1. The van der Waals surface area contributed by atoms with Crippen LogP contribution in [0.4, 0.5) is 0 Å². The third-order valence-corrected chi connectivity index (χ3v) is 3.55. The number of hydrogen-bond acceptors (Lipinski definition) is 4. The first-order valence-corrected chi connectivity index (χ1v) is 5.41. The Morgan fingerprint density at radius 2 is 1.36 bits per heavy atom. The van der Waals surface area contributed by atoms with Crippen LogP contribution < -0.4 is 21.3 Å². The minimum Gasteiger partial charge on any atom is -0.296 e. The van der Waals surface area contributed by atoms with Gasteiger partial charge in [-0.1, -0.05) is 0 Å². The Balaban J connectivity index is 2.24. The van der Waals surface area contributed by atoms with Crippen LogP contribution in [0.25, 0.3) is 0 Å². The number of hydrogen-bond donors (Lipinski definition) is 4. The van der Waals surface area contributed by atoms with E-state index in [9.17, 15) is 0 Å². The van der Waals surface area contributed by atoms with Crippen LogP contribution in [0.15, 0.2) is 0 Å². The fraction of sp³-hybridized carbons (Fsp3) is 1.00. The van der Waals surface area contributed by atoms with Crippen molar-refractivity contribution in [3.05, 3.63) is 0 Å². The lowest BCUT2D eigenvalue weighted by Crippen LogP contribution is -2.88. The molecule has 82 valence electrons. The Bertz CT molecular complexity index is 240. The van der Waals surface area contributed by atoms with Crippen molar-refractivity contribution in [2.24, 2.45) is 0 Å². The SMILES string of the molecule is CC1(C)CN[C@]2(C)NCCN[C@]2(C)N1. The molecular weight excluding hydrogens is 176 g/mol. The molecule has 14 heavy (non-hydrogen) atoms. The van der Waals surface area contributed by atoms with Crippen molar-refractivity contribution >= 4 is 0 Å². The maximum atomic E-state index is 3.68. The van der Waals surface area contributed by atoms with Gasteiger partial charge in [-0.25, -0.2) is 0 Å². The van der Waals surface area contributed by atoms with Gasteiger partial charge in [0, 0.05) is 25.2 Å². The fourth-order valence-corrected chi connectivity index (χ4v) is 2.51. The van der Waals surface area contributed by atoms with E-state index in [0.717, 1.165) is 19.6 Å². The van der Waals surface area contributed by atoms with Gasteiger partial charge in [0.05, 0.1) is 11.3 Å². The van der Waals surface area contributed by atoms with Gasteiger partial charge < -0.3 is 0 Å². The van der Waals surface area contributed by atoms with E-state index in [-0.39, 0.29) is 16.9 Å². The summed E-state index contributed by atoms with van der Waals surface area (Å²) in [6.45, 7) is 11.9. The standard InChI is InChI=1S/C10H22N4/c1-8(2)7-13-9(3)10(4,14-8)12-6-5-11-9/h11-14H,5-7H2,1-4H3/t9-,10+/m0/s1. The summed E-state index contributed by atoms with van der Waals surface area (Å²) in [5.41, 5.74) is 0.00799. The monoisotopic (exact) mass is 198 g/mol. The molecule has 0 saturated carbocycles. The number of rotatable bonds is 0. The molecule has 2 atom stereocenters. The molecule has 2 aliphatic heterocycles. The van der Waals surface area contributed by atoms with Crippen LogP contribution in [0.3, 0.4) is 0 Å². The van der Waals surface area contributed by atoms with Crippen molar-refractivity contribution < 1.29 is 0 Å². The Kier molecular flexibility index (Phi) is 2.16. The van der Waals surface area contributed by atoms with Crippen molar-refractivity contribution in [3.8, 4) is 0 Å². The van der Waals surface area contributed by atoms with E-state index in [1.165, 1.54) is 0 Å². The van der Waals surface area contributed by atoms with Crippen LogP contribution in [0, 0.1) is 0 Å². The molecule has 0 aliphatic carbocycles. The maximum absolute atomic E-state index is 3.68. The molecule has 0 bridgehead atoms. The Morgan fingerprint density at radius 3 is 2.00 bits per heavy atom. The Morgan fingerprint density at radius 1 is 0.786 bits per heavy atom. The summed E-state index contributed by atoms with van der Waals surface area (Å²) in [5.74, 6) is 0. The highest BCUT2D eigenvalue weighted by Gasteiger charge is 2.51. The molecule has 2 aliphatic rings. The van der Waals surface area contributed by atoms with Gasteiger partial charge in [-0.15, -0.1) is 0 Å². The van der Waals surface area contributed by atoms with Gasteiger partial charge in [0.25, 0.3) is 0 Å². The molecule has 4 N–H and O–H groups in total. The second-order valence-corrected chi connectivity index (χ2v) is 5.47. The normalized spacial score (nSPS) is 47.1. The largest absolute Gasteiger partial charge is 0.296 e. The highest BCUT2D eigenvalue weighted by atomic mass is 15.4.